The van der Waals surface area contributed by atoms with Crippen LogP contribution in [-0.4, -0.2) is 11.8 Å². The van der Waals surface area contributed by atoms with Crippen LogP contribution in [0.5, 0.6) is 5.75 Å². The first-order valence-corrected chi connectivity index (χ1v) is 9.90. The summed E-state index contributed by atoms with van der Waals surface area (Å²) in [7, 11) is 0. The standard InChI is InChI=1S/C25H24N2O3/c1-25(2,3)18-11-9-17(10-12-18)23(28)26-19-13-14-21-20(15-19)27-24(29)22(30-21)16-7-5-4-6-8-16/h4-15,22H,1-3H3,(H,26,28)(H,27,29). The van der Waals surface area contributed by atoms with E-state index in [1.54, 1.807) is 18.2 Å². The first kappa shape index (κ1) is 19.7. The average Bonchev–Trinajstić information content (AvgIpc) is 2.73. The molecule has 0 saturated heterocycles. The molecule has 1 atom stereocenters. The van der Waals surface area contributed by atoms with E-state index >= 15 is 0 Å². The number of anilines is 2. The molecule has 0 aliphatic carbocycles. The minimum atomic E-state index is -0.694. The van der Waals surface area contributed by atoms with E-state index in [1.165, 1.54) is 5.56 Å². The zero-order chi connectivity index (χ0) is 21.3. The van der Waals surface area contributed by atoms with Crippen molar-refractivity contribution in [3.8, 4) is 5.75 Å². The van der Waals surface area contributed by atoms with Crippen LogP contribution in [0.4, 0.5) is 11.4 Å². The van der Waals surface area contributed by atoms with Gasteiger partial charge in [0.1, 0.15) is 5.75 Å². The van der Waals surface area contributed by atoms with Crippen LogP contribution in [-0.2, 0) is 10.2 Å². The molecule has 30 heavy (non-hydrogen) atoms. The second-order valence-corrected chi connectivity index (χ2v) is 8.39. The molecule has 1 aliphatic rings. The Hall–Kier alpha value is -3.60. The first-order chi connectivity index (χ1) is 14.3. The average molecular weight is 400 g/mol. The van der Waals surface area contributed by atoms with E-state index in [2.05, 4.69) is 31.4 Å². The number of fused-ring (bicyclic) bond motifs is 1. The number of benzene rings is 3. The summed E-state index contributed by atoms with van der Waals surface area (Å²) in [5.41, 5.74) is 3.68. The molecule has 5 nitrogen and oxygen atoms in total. The fourth-order valence-corrected chi connectivity index (χ4v) is 3.36. The second-order valence-electron chi connectivity index (χ2n) is 8.39. The second kappa shape index (κ2) is 7.67. The van der Waals surface area contributed by atoms with Gasteiger partial charge in [-0.25, -0.2) is 0 Å². The third-order valence-electron chi connectivity index (χ3n) is 5.09. The molecule has 152 valence electrons. The van der Waals surface area contributed by atoms with Crippen LogP contribution in [0.25, 0.3) is 0 Å². The number of nitrogens with one attached hydrogen (secondary N) is 2. The maximum Gasteiger partial charge on any atom is 0.270 e. The van der Waals surface area contributed by atoms with Crippen LogP contribution in [0.2, 0.25) is 0 Å². The van der Waals surface area contributed by atoms with Crippen molar-refractivity contribution >= 4 is 23.2 Å². The highest BCUT2D eigenvalue weighted by Crippen LogP contribution is 2.36. The predicted octanol–water partition coefficient (Wildman–Crippen LogP) is 5.31. The lowest BCUT2D eigenvalue weighted by atomic mass is 9.87. The number of amides is 2. The Bertz CT molecular complexity index is 1080. The van der Waals surface area contributed by atoms with Gasteiger partial charge in [-0.2, -0.15) is 0 Å². The highest BCUT2D eigenvalue weighted by atomic mass is 16.5. The Morgan fingerprint density at radius 1 is 0.967 bits per heavy atom. The number of hydrogen-bond acceptors (Lipinski definition) is 3. The van der Waals surface area contributed by atoms with Gasteiger partial charge >= 0.3 is 0 Å². The van der Waals surface area contributed by atoms with Crippen molar-refractivity contribution in [1.82, 2.24) is 0 Å². The van der Waals surface area contributed by atoms with Crippen LogP contribution in [0, 0.1) is 0 Å². The van der Waals surface area contributed by atoms with Crippen molar-refractivity contribution in [2.75, 3.05) is 10.6 Å². The lowest BCUT2D eigenvalue weighted by Gasteiger charge is -2.26. The smallest absolute Gasteiger partial charge is 0.270 e. The number of rotatable bonds is 3. The van der Waals surface area contributed by atoms with Crippen molar-refractivity contribution in [3.05, 3.63) is 89.5 Å². The van der Waals surface area contributed by atoms with Gasteiger partial charge in [0.25, 0.3) is 11.8 Å². The number of carbonyl (C=O) groups is 2. The van der Waals surface area contributed by atoms with E-state index in [9.17, 15) is 9.59 Å². The van der Waals surface area contributed by atoms with E-state index in [4.69, 9.17) is 4.74 Å². The van der Waals surface area contributed by atoms with Crippen LogP contribution >= 0.6 is 0 Å². The Morgan fingerprint density at radius 2 is 1.67 bits per heavy atom. The van der Waals surface area contributed by atoms with Gasteiger partial charge in [0.15, 0.2) is 0 Å². The molecule has 2 N–H and O–H groups in total. The number of hydrogen-bond donors (Lipinski definition) is 2. The molecule has 1 heterocycles. The molecule has 2 amide bonds. The van der Waals surface area contributed by atoms with E-state index in [0.29, 0.717) is 22.7 Å². The summed E-state index contributed by atoms with van der Waals surface area (Å²) >= 11 is 0. The van der Waals surface area contributed by atoms with Crippen molar-refractivity contribution in [2.45, 2.75) is 32.3 Å². The van der Waals surface area contributed by atoms with E-state index < -0.39 is 6.10 Å². The Balaban J connectivity index is 1.49. The van der Waals surface area contributed by atoms with Crippen molar-refractivity contribution in [2.24, 2.45) is 0 Å². The van der Waals surface area contributed by atoms with Crippen LogP contribution in [0.15, 0.2) is 72.8 Å². The molecule has 5 heteroatoms. The lowest BCUT2D eigenvalue weighted by Crippen LogP contribution is -2.30. The van der Waals surface area contributed by atoms with Gasteiger partial charge < -0.3 is 15.4 Å². The Labute approximate surface area is 176 Å². The van der Waals surface area contributed by atoms with E-state index in [-0.39, 0.29) is 17.2 Å². The van der Waals surface area contributed by atoms with E-state index in [0.717, 1.165) is 5.56 Å². The summed E-state index contributed by atoms with van der Waals surface area (Å²) in [5.74, 6) is 0.117. The minimum Gasteiger partial charge on any atom is -0.474 e. The Kier molecular flexibility index (Phi) is 5.04. The fourth-order valence-electron chi connectivity index (χ4n) is 3.36. The maximum atomic E-state index is 12.6. The number of ether oxygens (including phenoxy) is 1. The molecule has 0 fully saturated rings. The molecule has 3 aromatic rings. The zero-order valence-electron chi connectivity index (χ0n) is 17.2. The molecule has 0 saturated carbocycles. The maximum absolute atomic E-state index is 12.6. The largest absolute Gasteiger partial charge is 0.474 e. The third kappa shape index (κ3) is 4.06. The first-order valence-electron chi connectivity index (χ1n) is 9.90. The van der Waals surface area contributed by atoms with Gasteiger partial charge in [-0.3, -0.25) is 9.59 Å². The van der Waals surface area contributed by atoms with E-state index in [1.807, 2.05) is 54.6 Å². The van der Waals surface area contributed by atoms with Crippen molar-refractivity contribution < 1.29 is 14.3 Å². The quantitative estimate of drug-likeness (QED) is 0.626. The predicted molar refractivity (Wildman–Crippen MR) is 118 cm³/mol. The van der Waals surface area contributed by atoms with Crippen molar-refractivity contribution in [3.63, 3.8) is 0 Å². The molecule has 1 unspecified atom stereocenters. The summed E-state index contributed by atoms with van der Waals surface area (Å²) in [6.45, 7) is 6.40. The highest BCUT2D eigenvalue weighted by molar-refractivity contribution is 6.05. The molecule has 0 spiro atoms. The molecule has 3 aromatic carbocycles. The normalized spacial score (nSPS) is 15.6. The molecule has 4 rings (SSSR count). The summed E-state index contributed by atoms with van der Waals surface area (Å²) in [6, 6.07) is 22.2. The molecule has 1 aliphatic heterocycles. The van der Waals surface area contributed by atoms with Gasteiger partial charge in [-0.1, -0.05) is 63.2 Å². The fraction of sp³-hybridized carbons (Fsp3) is 0.200. The molecular formula is C25H24N2O3. The monoisotopic (exact) mass is 400 g/mol. The van der Waals surface area contributed by atoms with Gasteiger partial charge in [-0.05, 0) is 41.3 Å². The van der Waals surface area contributed by atoms with Crippen molar-refractivity contribution in [1.29, 1.82) is 0 Å². The topological polar surface area (TPSA) is 67.4 Å². The summed E-state index contributed by atoms with van der Waals surface area (Å²) in [5, 5.41) is 5.75. The molecule has 0 bridgehead atoms. The summed E-state index contributed by atoms with van der Waals surface area (Å²) in [6.07, 6.45) is -0.694. The lowest BCUT2D eigenvalue weighted by molar-refractivity contribution is -0.123. The number of carbonyl (C=O) groups excluding carboxylic acids is 2. The summed E-state index contributed by atoms with van der Waals surface area (Å²) in [4.78, 5) is 25.1. The van der Waals surface area contributed by atoms with Gasteiger partial charge in [0.2, 0.25) is 6.10 Å². The third-order valence-corrected chi connectivity index (χ3v) is 5.09. The summed E-state index contributed by atoms with van der Waals surface area (Å²) < 4.78 is 5.90. The highest BCUT2D eigenvalue weighted by Gasteiger charge is 2.29. The molecule has 0 radical (unpaired) electrons. The zero-order valence-corrected chi connectivity index (χ0v) is 17.2. The van der Waals surface area contributed by atoms with Gasteiger partial charge in [-0.15, -0.1) is 0 Å². The van der Waals surface area contributed by atoms with Gasteiger partial charge in [0, 0.05) is 16.8 Å². The van der Waals surface area contributed by atoms with Crippen LogP contribution in [0.3, 0.4) is 0 Å². The molecular weight excluding hydrogens is 376 g/mol. The minimum absolute atomic E-state index is 0.0311. The van der Waals surface area contributed by atoms with Gasteiger partial charge in [0.05, 0.1) is 5.69 Å². The van der Waals surface area contributed by atoms with Crippen LogP contribution in [0.1, 0.15) is 48.4 Å². The Morgan fingerprint density at radius 3 is 2.33 bits per heavy atom. The molecule has 0 aromatic heterocycles. The van der Waals surface area contributed by atoms with Crippen LogP contribution < -0.4 is 15.4 Å². The SMILES string of the molecule is CC(C)(C)c1ccc(C(=O)Nc2ccc3c(c2)NC(=O)C(c2ccccc2)O3)cc1.